The monoisotopic (exact) mass is 340 g/mol. The summed E-state index contributed by atoms with van der Waals surface area (Å²) in [5.74, 6) is 0.747. The first-order valence-electron chi connectivity index (χ1n) is 7.76. The van der Waals surface area contributed by atoms with E-state index in [1.54, 1.807) is 24.3 Å². The second-order valence-electron chi connectivity index (χ2n) is 5.08. The van der Waals surface area contributed by atoms with Crippen molar-refractivity contribution < 1.29 is 18.7 Å². The second-order valence-corrected chi connectivity index (χ2v) is 5.08. The zero-order valence-electron chi connectivity index (χ0n) is 13.7. The average Bonchev–Trinajstić information content (AvgIpc) is 3.15. The van der Waals surface area contributed by atoms with Gasteiger partial charge < -0.3 is 19.8 Å². The van der Waals surface area contributed by atoms with E-state index in [4.69, 9.17) is 9.15 Å². The summed E-state index contributed by atoms with van der Waals surface area (Å²) in [7, 11) is 0. The zero-order valence-corrected chi connectivity index (χ0v) is 13.7. The van der Waals surface area contributed by atoms with Crippen molar-refractivity contribution in [2.75, 3.05) is 13.2 Å². The van der Waals surface area contributed by atoms with Crippen LogP contribution in [-0.4, -0.2) is 25.0 Å². The minimum absolute atomic E-state index is 0.0990. The first-order chi connectivity index (χ1) is 12.2. The number of hydrogen-bond donors (Lipinski definition) is 2. The molecule has 1 aromatic heterocycles. The average molecular weight is 340 g/mol. The van der Waals surface area contributed by atoms with Gasteiger partial charge in [0, 0.05) is 6.08 Å². The van der Waals surface area contributed by atoms with Gasteiger partial charge in [-0.1, -0.05) is 24.8 Å². The maximum absolute atomic E-state index is 11.7. The van der Waals surface area contributed by atoms with Crippen LogP contribution in [0.4, 0.5) is 0 Å². The summed E-state index contributed by atoms with van der Waals surface area (Å²) >= 11 is 0. The Hall–Kier alpha value is -3.28. The Balaban J connectivity index is 1.70. The van der Waals surface area contributed by atoms with E-state index in [1.807, 2.05) is 24.3 Å². The molecule has 0 unspecified atom stereocenters. The third kappa shape index (κ3) is 6.78. The van der Waals surface area contributed by atoms with Gasteiger partial charge in [0.15, 0.2) is 0 Å². The highest BCUT2D eigenvalue weighted by molar-refractivity contribution is 5.94. The van der Waals surface area contributed by atoms with Crippen LogP contribution in [0.3, 0.4) is 0 Å². The van der Waals surface area contributed by atoms with Crippen LogP contribution in [0.25, 0.3) is 6.08 Å². The Morgan fingerprint density at radius 2 is 1.96 bits per heavy atom. The molecule has 0 atom stereocenters. The molecule has 0 aliphatic rings. The van der Waals surface area contributed by atoms with E-state index in [2.05, 4.69) is 17.2 Å². The number of benzene rings is 1. The summed E-state index contributed by atoms with van der Waals surface area (Å²) in [6.07, 6.45) is 6.24. The molecule has 2 aromatic rings. The molecule has 0 fully saturated rings. The summed E-state index contributed by atoms with van der Waals surface area (Å²) in [5.41, 5.74) is 0.850. The smallest absolute Gasteiger partial charge is 0.244 e. The Morgan fingerprint density at radius 1 is 1.16 bits per heavy atom. The summed E-state index contributed by atoms with van der Waals surface area (Å²) < 4.78 is 10.5. The molecule has 1 aromatic carbocycles. The lowest BCUT2D eigenvalue weighted by atomic mass is 10.2. The first-order valence-corrected chi connectivity index (χ1v) is 7.76. The maximum atomic E-state index is 11.7. The fourth-order valence-electron chi connectivity index (χ4n) is 1.89. The molecular weight excluding hydrogens is 320 g/mol. The van der Waals surface area contributed by atoms with E-state index in [0.29, 0.717) is 12.4 Å². The van der Waals surface area contributed by atoms with Gasteiger partial charge in [0.05, 0.1) is 19.4 Å². The number of carbonyl (C=O) groups excluding carboxylic acids is 2. The van der Waals surface area contributed by atoms with E-state index in [1.165, 1.54) is 12.3 Å². The summed E-state index contributed by atoms with van der Waals surface area (Å²) in [6, 6.07) is 10.8. The third-order valence-corrected chi connectivity index (χ3v) is 3.14. The highest BCUT2D eigenvalue weighted by Crippen LogP contribution is 2.13. The van der Waals surface area contributed by atoms with E-state index in [-0.39, 0.29) is 24.9 Å². The molecule has 0 aliphatic carbocycles. The quantitative estimate of drug-likeness (QED) is 0.542. The molecule has 0 saturated heterocycles. The summed E-state index contributed by atoms with van der Waals surface area (Å²) in [6.45, 7) is 4.22. The van der Waals surface area contributed by atoms with Crippen LogP contribution in [0, 0.1) is 0 Å². The number of hydrogen-bond acceptors (Lipinski definition) is 4. The predicted octanol–water partition coefficient (Wildman–Crippen LogP) is 2.29. The fourth-order valence-corrected chi connectivity index (χ4v) is 1.89. The first kappa shape index (κ1) is 18.1. The highest BCUT2D eigenvalue weighted by Gasteiger charge is 2.04. The summed E-state index contributed by atoms with van der Waals surface area (Å²) in [4.78, 5) is 23.4. The fraction of sp³-hybridized carbons (Fsp3) is 0.158. The van der Waals surface area contributed by atoms with Gasteiger partial charge in [-0.05, 0) is 35.9 Å². The van der Waals surface area contributed by atoms with Gasteiger partial charge in [-0.3, -0.25) is 9.59 Å². The van der Waals surface area contributed by atoms with E-state index < -0.39 is 0 Å². The molecular formula is C19H20N2O4. The van der Waals surface area contributed by atoms with Gasteiger partial charge in [0.2, 0.25) is 11.8 Å². The standard InChI is InChI=1S/C19H20N2O4/c1-2-11-24-16-8-5-15(6-9-16)7-10-18(22)21-14-19(23)20-13-17-4-3-12-25-17/h2-10,12H,1,11,13-14H2,(H,20,23)(H,21,22)/b10-7+. The molecule has 0 spiro atoms. The van der Waals surface area contributed by atoms with Crippen molar-refractivity contribution in [1.29, 1.82) is 0 Å². The molecule has 0 saturated carbocycles. The Bertz CT molecular complexity index is 718. The van der Waals surface area contributed by atoms with Gasteiger partial charge in [0.25, 0.3) is 0 Å². The molecule has 6 nitrogen and oxygen atoms in total. The number of nitrogens with one attached hydrogen (secondary N) is 2. The van der Waals surface area contributed by atoms with E-state index in [9.17, 15) is 9.59 Å². The Labute approximate surface area is 146 Å². The van der Waals surface area contributed by atoms with Gasteiger partial charge in [-0.2, -0.15) is 0 Å². The molecule has 0 radical (unpaired) electrons. The van der Waals surface area contributed by atoms with Crippen LogP contribution in [0.5, 0.6) is 5.75 Å². The number of furan rings is 1. The van der Waals surface area contributed by atoms with Crippen LogP contribution in [0.2, 0.25) is 0 Å². The van der Waals surface area contributed by atoms with Gasteiger partial charge in [-0.15, -0.1) is 0 Å². The number of amides is 2. The van der Waals surface area contributed by atoms with Crippen molar-refractivity contribution in [1.82, 2.24) is 10.6 Å². The molecule has 130 valence electrons. The van der Waals surface area contributed by atoms with E-state index >= 15 is 0 Å². The molecule has 6 heteroatoms. The van der Waals surface area contributed by atoms with Crippen molar-refractivity contribution in [3.8, 4) is 5.75 Å². The molecule has 2 amide bonds. The molecule has 0 bridgehead atoms. The minimum atomic E-state index is -0.347. The third-order valence-electron chi connectivity index (χ3n) is 3.14. The van der Waals surface area contributed by atoms with Crippen LogP contribution < -0.4 is 15.4 Å². The largest absolute Gasteiger partial charge is 0.490 e. The Morgan fingerprint density at radius 3 is 2.64 bits per heavy atom. The van der Waals surface area contributed by atoms with Crippen molar-refractivity contribution in [2.24, 2.45) is 0 Å². The SMILES string of the molecule is C=CCOc1ccc(/C=C/C(=O)NCC(=O)NCc2ccco2)cc1. The van der Waals surface area contributed by atoms with Crippen LogP contribution >= 0.6 is 0 Å². The predicted molar refractivity (Wildman–Crippen MR) is 94.7 cm³/mol. The van der Waals surface area contributed by atoms with Gasteiger partial charge >= 0.3 is 0 Å². The number of ether oxygens (including phenoxy) is 1. The normalized spacial score (nSPS) is 10.4. The summed E-state index contributed by atoms with van der Waals surface area (Å²) in [5, 5.41) is 5.16. The number of rotatable bonds is 9. The lowest BCUT2D eigenvalue weighted by Gasteiger charge is -2.04. The molecule has 2 rings (SSSR count). The lowest BCUT2D eigenvalue weighted by molar-refractivity contribution is -0.124. The van der Waals surface area contributed by atoms with E-state index in [0.717, 1.165) is 11.3 Å². The molecule has 0 aliphatic heterocycles. The Kier molecular flexibility index (Phi) is 7.06. The topological polar surface area (TPSA) is 80.6 Å². The number of carbonyl (C=O) groups is 2. The van der Waals surface area contributed by atoms with Crippen molar-refractivity contribution >= 4 is 17.9 Å². The van der Waals surface area contributed by atoms with Crippen molar-refractivity contribution in [3.05, 3.63) is 72.7 Å². The van der Waals surface area contributed by atoms with Crippen LogP contribution in [-0.2, 0) is 16.1 Å². The molecule has 25 heavy (non-hydrogen) atoms. The molecule has 1 heterocycles. The zero-order chi connectivity index (χ0) is 17.9. The van der Waals surface area contributed by atoms with Crippen LogP contribution in [0.1, 0.15) is 11.3 Å². The van der Waals surface area contributed by atoms with Gasteiger partial charge in [-0.25, -0.2) is 0 Å². The van der Waals surface area contributed by atoms with Crippen LogP contribution in [0.15, 0.2) is 65.8 Å². The van der Waals surface area contributed by atoms with Crippen molar-refractivity contribution in [2.45, 2.75) is 6.54 Å². The minimum Gasteiger partial charge on any atom is -0.490 e. The second kappa shape index (κ2) is 9.77. The van der Waals surface area contributed by atoms with Crippen molar-refractivity contribution in [3.63, 3.8) is 0 Å². The maximum Gasteiger partial charge on any atom is 0.244 e. The highest BCUT2D eigenvalue weighted by atomic mass is 16.5. The lowest BCUT2D eigenvalue weighted by Crippen LogP contribution is -2.35. The molecule has 2 N–H and O–H groups in total. The van der Waals surface area contributed by atoms with Gasteiger partial charge in [0.1, 0.15) is 18.1 Å².